The van der Waals surface area contributed by atoms with E-state index < -0.39 is 37.3 Å². The van der Waals surface area contributed by atoms with Crippen LogP contribution in [0.4, 0.5) is 0 Å². The molecule has 1 fully saturated rings. The smallest absolute Gasteiger partial charge is 0.228 e. The van der Waals surface area contributed by atoms with Crippen LogP contribution >= 0.6 is 0 Å². The third-order valence-electron chi connectivity index (χ3n) is 2.08. The van der Waals surface area contributed by atoms with Gasteiger partial charge in [0.1, 0.15) is 24.4 Å². The van der Waals surface area contributed by atoms with E-state index in [1.54, 1.807) is 0 Å². The van der Waals surface area contributed by atoms with Crippen LogP contribution in [0.5, 0.6) is 0 Å². The molecule has 0 spiro atoms. The first-order chi connectivity index (χ1) is 6.61. The fourth-order valence-electron chi connectivity index (χ4n) is 1.27. The molecule has 0 saturated carbocycles. The summed E-state index contributed by atoms with van der Waals surface area (Å²) in [5.41, 5.74) is 0. The molecule has 1 heterocycles. The zero-order chi connectivity index (χ0) is 10.7. The summed E-state index contributed by atoms with van der Waals surface area (Å²) in [7, 11) is 0. The number of hydrogen-bond donors (Lipinski definition) is 4. The van der Waals surface area contributed by atoms with E-state index in [-0.39, 0.29) is 0 Å². The molecule has 82 valence electrons. The Morgan fingerprint density at radius 3 is 2.36 bits per heavy atom. The lowest BCUT2D eigenvalue weighted by molar-refractivity contribution is -0.287. The molecule has 0 amide bonds. The lowest BCUT2D eigenvalue weighted by atomic mass is 9.99. The molecular weight excluding hydrogens is 192 g/mol. The van der Waals surface area contributed by atoms with Crippen LogP contribution in [-0.4, -0.2) is 57.7 Å². The van der Waals surface area contributed by atoms with E-state index in [1.807, 2.05) is 0 Å². The van der Waals surface area contributed by atoms with Gasteiger partial charge < -0.3 is 29.9 Å². The van der Waals surface area contributed by atoms with Crippen molar-refractivity contribution in [1.82, 2.24) is 0 Å². The first kappa shape index (κ1) is 11.4. The molecule has 0 aromatic heterocycles. The maximum atomic E-state index is 9.36. The first-order valence-electron chi connectivity index (χ1n) is 4.18. The van der Waals surface area contributed by atoms with Crippen molar-refractivity contribution in [3.05, 3.63) is 12.8 Å². The van der Waals surface area contributed by atoms with Crippen LogP contribution in [0.25, 0.3) is 0 Å². The van der Waals surface area contributed by atoms with Crippen molar-refractivity contribution in [2.24, 2.45) is 0 Å². The Bertz CT molecular complexity index is 194. The fraction of sp³-hybridized carbons (Fsp3) is 0.750. The molecule has 1 saturated heterocycles. The van der Waals surface area contributed by atoms with Crippen molar-refractivity contribution in [2.75, 3.05) is 6.61 Å². The minimum absolute atomic E-state index is 0.470. The van der Waals surface area contributed by atoms with Crippen molar-refractivity contribution < 1.29 is 29.9 Å². The van der Waals surface area contributed by atoms with Crippen LogP contribution < -0.4 is 0 Å². The molecule has 0 unspecified atom stereocenters. The third-order valence-corrected chi connectivity index (χ3v) is 2.08. The predicted molar refractivity (Wildman–Crippen MR) is 45.0 cm³/mol. The molecule has 1 aliphatic heterocycles. The van der Waals surface area contributed by atoms with Gasteiger partial charge in [0.25, 0.3) is 0 Å². The van der Waals surface area contributed by atoms with Gasteiger partial charge in [-0.2, -0.15) is 0 Å². The Labute approximate surface area is 81.0 Å². The molecule has 6 heteroatoms. The van der Waals surface area contributed by atoms with Gasteiger partial charge >= 0.3 is 0 Å². The van der Waals surface area contributed by atoms with Gasteiger partial charge in [-0.15, -0.1) is 0 Å². The van der Waals surface area contributed by atoms with Crippen LogP contribution in [0.1, 0.15) is 0 Å². The van der Waals surface area contributed by atoms with E-state index in [2.05, 4.69) is 6.58 Å². The Balaban J connectivity index is 2.67. The highest BCUT2D eigenvalue weighted by atomic mass is 16.7. The summed E-state index contributed by atoms with van der Waals surface area (Å²) in [5, 5.41) is 36.8. The quantitative estimate of drug-likeness (QED) is 0.396. The Morgan fingerprint density at radius 1 is 1.21 bits per heavy atom. The second-order valence-corrected chi connectivity index (χ2v) is 3.00. The minimum Gasteiger partial charge on any atom is -0.470 e. The predicted octanol–water partition coefficient (Wildman–Crippen LogP) is -2.05. The van der Waals surface area contributed by atoms with Gasteiger partial charge in [0.05, 0.1) is 12.9 Å². The number of hydrogen-bond acceptors (Lipinski definition) is 6. The van der Waals surface area contributed by atoms with E-state index in [0.717, 1.165) is 6.26 Å². The molecule has 1 aliphatic rings. The molecular formula is C8H14O6. The second kappa shape index (κ2) is 4.72. The SMILES string of the molecule is C=CO[C@H]1O[C@H](CO)[C@@H](O)[C@H](O)[C@H]1O. The van der Waals surface area contributed by atoms with Crippen molar-refractivity contribution in [1.29, 1.82) is 0 Å². The lowest BCUT2D eigenvalue weighted by Crippen LogP contribution is -2.58. The zero-order valence-electron chi connectivity index (χ0n) is 7.48. The number of aliphatic hydroxyl groups is 4. The standard InChI is InChI=1S/C8H14O6/c1-2-13-8-7(12)6(11)5(10)4(3-9)14-8/h2,4-12H,1,3H2/t4-,5-,6+,7-,8+/m1/s1. The van der Waals surface area contributed by atoms with E-state index in [0.29, 0.717) is 0 Å². The third kappa shape index (κ3) is 2.05. The van der Waals surface area contributed by atoms with Gasteiger partial charge in [0, 0.05) is 0 Å². The summed E-state index contributed by atoms with van der Waals surface area (Å²) in [6, 6.07) is 0. The molecule has 14 heavy (non-hydrogen) atoms. The summed E-state index contributed by atoms with van der Waals surface area (Å²) in [6.07, 6.45) is -5.16. The van der Waals surface area contributed by atoms with Gasteiger partial charge in [-0.3, -0.25) is 0 Å². The Morgan fingerprint density at radius 2 is 1.86 bits per heavy atom. The van der Waals surface area contributed by atoms with Crippen LogP contribution in [0, 0.1) is 0 Å². The van der Waals surface area contributed by atoms with Crippen molar-refractivity contribution in [3.63, 3.8) is 0 Å². The van der Waals surface area contributed by atoms with Gasteiger partial charge in [-0.05, 0) is 0 Å². The minimum atomic E-state index is -1.41. The number of ether oxygens (including phenoxy) is 2. The van der Waals surface area contributed by atoms with E-state index in [9.17, 15) is 15.3 Å². The van der Waals surface area contributed by atoms with E-state index in [4.69, 9.17) is 14.6 Å². The van der Waals surface area contributed by atoms with Crippen LogP contribution in [-0.2, 0) is 9.47 Å². The average Bonchev–Trinajstić information content (AvgIpc) is 2.19. The van der Waals surface area contributed by atoms with Crippen LogP contribution in [0.15, 0.2) is 12.8 Å². The van der Waals surface area contributed by atoms with Gasteiger partial charge in [-0.25, -0.2) is 0 Å². The fourth-order valence-corrected chi connectivity index (χ4v) is 1.27. The monoisotopic (exact) mass is 206 g/mol. The largest absolute Gasteiger partial charge is 0.470 e. The van der Waals surface area contributed by atoms with Crippen molar-refractivity contribution >= 4 is 0 Å². The lowest BCUT2D eigenvalue weighted by Gasteiger charge is -2.38. The molecule has 4 N–H and O–H groups in total. The highest BCUT2D eigenvalue weighted by Gasteiger charge is 2.44. The van der Waals surface area contributed by atoms with Crippen molar-refractivity contribution in [2.45, 2.75) is 30.7 Å². The maximum absolute atomic E-state index is 9.36. The molecule has 1 rings (SSSR count). The van der Waals surface area contributed by atoms with Crippen molar-refractivity contribution in [3.8, 4) is 0 Å². The van der Waals surface area contributed by atoms with Gasteiger partial charge in [0.2, 0.25) is 6.29 Å². The van der Waals surface area contributed by atoms with E-state index in [1.165, 1.54) is 0 Å². The Kier molecular flexibility index (Phi) is 3.85. The molecule has 6 nitrogen and oxygen atoms in total. The zero-order valence-corrected chi connectivity index (χ0v) is 7.48. The number of aliphatic hydroxyl groups excluding tert-OH is 4. The Hall–Kier alpha value is -0.660. The average molecular weight is 206 g/mol. The topological polar surface area (TPSA) is 99.4 Å². The molecule has 0 aromatic rings. The van der Waals surface area contributed by atoms with Crippen LogP contribution in [0.3, 0.4) is 0 Å². The summed E-state index contributed by atoms with van der Waals surface area (Å²) >= 11 is 0. The molecule has 0 radical (unpaired) electrons. The highest BCUT2D eigenvalue weighted by Crippen LogP contribution is 2.21. The molecule has 0 aliphatic carbocycles. The molecule has 0 bridgehead atoms. The van der Waals surface area contributed by atoms with E-state index >= 15 is 0 Å². The highest BCUT2D eigenvalue weighted by molar-refractivity contribution is 4.89. The van der Waals surface area contributed by atoms with Gasteiger partial charge in [-0.1, -0.05) is 6.58 Å². The second-order valence-electron chi connectivity index (χ2n) is 3.00. The first-order valence-corrected chi connectivity index (χ1v) is 4.18. The summed E-state index contributed by atoms with van der Waals surface area (Å²) < 4.78 is 9.72. The van der Waals surface area contributed by atoms with Crippen LogP contribution in [0.2, 0.25) is 0 Å². The summed E-state index contributed by atoms with van der Waals surface area (Å²) in [6.45, 7) is 2.79. The number of rotatable bonds is 3. The molecule has 0 aromatic carbocycles. The normalized spacial score (nSPS) is 43.3. The van der Waals surface area contributed by atoms with Gasteiger partial charge in [0.15, 0.2) is 0 Å². The summed E-state index contributed by atoms with van der Waals surface area (Å²) in [4.78, 5) is 0. The summed E-state index contributed by atoms with van der Waals surface area (Å²) in [5.74, 6) is 0. The maximum Gasteiger partial charge on any atom is 0.228 e. The molecule has 5 atom stereocenters.